The number of rotatable bonds is 1. The quantitative estimate of drug-likeness (QED) is 0.521. The van der Waals surface area contributed by atoms with E-state index in [0.717, 1.165) is 0 Å². The molecular formula is C12H12N2O3. The molecule has 1 heterocycles. The first-order chi connectivity index (χ1) is 7.93. The van der Waals surface area contributed by atoms with Crippen LogP contribution < -0.4 is 4.73 Å². The third kappa shape index (κ3) is 1.60. The lowest BCUT2D eigenvalue weighted by Crippen LogP contribution is -2.40. The molecule has 1 aliphatic carbocycles. The monoisotopic (exact) mass is 232 g/mol. The first-order valence-electron chi connectivity index (χ1n) is 5.14. The van der Waals surface area contributed by atoms with Crippen molar-refractivity contribution >= 4 is 11.6 Å². The van der Waals surface area contributed by atoms with Gasteiger partial charge in [-0.3, -0.25) is 9.59 Å². The minimum absolute atomic E-state index is 0.0828. The fourth-order valence-corrected chi connectivity index (χ4v) is 1.87. The van der Waals surface area contributed by atoms with E-state index in [0.29, 0.717) is 16.0 Å². The van der Waals surface area contributed by atoms with E-state index in [1.54, 1.807) is 25.9 Å². The molecule has 88 valence electrons. The molecule has 0 saturated carbocycles. The first-order valence-corrected chi connectivity index (χ1v) is 5.14. The van der Waals surface area contributed by atoms with Crippen molar-refractivity contribution in [2.75, 3.05) is 14.1 Å². The number of aryl methyl sites for hydroxylation is 1. The summed E-state index contributed by atoms with van der Waals surface area (Å²) in [6.07, 6.45) is 2.45. The molecule has 0 aliphatic heterocycles. The highest BCUT2D eigenvalue weighted by Crippen LogP contribution is 2.22. The standard InChI is InChI=1S/C12H12N2O3/c1-7-4-5-14(17)11-9(15)6-8(13(2)3)12(16)10(7)11/h4-6H,1-3H3. The number of hydrogen-bond acceptors (Lipinski definition) is 4. The van der Waals surface area contributed by atoms with Crippen molar-refractivity contribution in [1.82, 2.24) is 4.90 Å². The molecule has 0 saturated heterocycles. The zero-order chi connectivity index (χ0) is 12.7. The molecule has 1 aromatic heterocycles. The van der Waals surface area contributed by atoms with Crippen molar-refractivity contribution in [1.29, 1.82) is 0 Å². The van der Waals surface area contributed by atoms with Crippen LogP contribution in [0.15, 0.2) is 24.0 Å². The molecule has 1 aromatic rings. The van der Waals surface area contributed by atoms with Crippen molar-refractivity contribution in [3.05, 3.63) is 46.1 Å². The van der Waals surface area contributed by atoms with Gasteiger partial charge in [0.2, 0.25) is 5.78 Å². The van der Waals surface area contributed by atoms with Crippen LogP contribution in [0, 0.1) is 12.1 Å². The van der Waals surface area contributed by atoms with Crippen molar-refractivity contribution in [2.24, 2.45) is 0 Å². The SMILES string of the molecule is Cc1cc[n+]([O-])c2c1C(=O)C(N(C)C)=CC2=O. The number of Topliss-reactive ketones (excluding diaryl/α,β-unsaturated/α-hetero) is 1. The molecule has 1 aliphatic rings. The highest BCUT2D eigenvalue weighted by molar-refractivity contribution is 6.23. The Bertz CT molecular complexity index is 559. The van der Waals surface area contributed by atoms with Gasteiger partial charge >= 0.3 is 0 Å². The van der Waals surface area contributed by atoms with Crippen LogP contribution in [-0.4, -0.2) is 30.6 Å². The number of carbonyl (C=O) groups is 2. The van der Waals surface area contributed by atoms with Crippen LogP contribution in [-0.2, 0) is 0 Å². The minimum atomic E-state index is -0.429. The molecular weight excluding hydrogens is 220 g/mol. The van der Waals surface area contributed by atoms with Gasteiger partial charge in [-0.2, -0.15) is 4.73 Å². The maximum absolute atomic E-state index is 12.2. The zero-order valence-electron chi connectivity index (χ0n) is 9.85. The van der Waals surface area contributed by atoms with Gasteiger partial charge in [0.25, 0.3) is 11.5 Å². The second kappa shape index (κ2) is 3.69. The summed E-state index contributed by atoms with van der Waals surface area (Å²) in [6, 6.07) is 1.54. The second-order valence-corrected chi connectivity index (χ2v) is 4.17. The molecule has 5 nitrogen and oxygen atoms in total. The number of pyridine rings is 1. The molecule has 0 spiro atoms. The summed E-state index contributed by atoms with van der Waals surface area (Å²) in [5.41, 5.74) is 1.06. The Balaban J connectivity index is 2.73. The lowest BCUT2D eigenvalue weighted by atomic mass is 9.93. The summed E-state index contributed by atoms with van der Waals surface area (Å²) in [5.74, 6) is -0.714. The number of aromatic nitrogens is 1. The van der Waals surface area contributed by atoms with Gasteiger partial charge in [0.05, 0.1) is 5.70 Å². The maximum Gasteiger partial charge on any atom is 0.275 e. The molecule has 5 heteroatoms. The van der Waals surface area contributed by atoms with E-state index in [2.05, 4.69) is 0 Å². The molecule has 2 rings (SSSR count). The summed E-state index contributed by atoms with van der Waals surface area (Å²) in [6.45, 7) is 1.71. The predicted octanol–water partition coefficient (Wildman–Crippen LogP) is 0.453. The number of hydrogen-bond donors (Lipinski definition) is 0. The van der Waals surface area contributed by atoms with E-state index in [1.807, 2.05) is 0 Å². The van der Waals surface area contributed by atoms with Crippen LogP contribution in [0.3, 0.4) is 0 Å². The van der Waals surface area contributed by atoms with Gasteiger partial charge < -0.3 is 10.1 Å². The Morgan fingerprint density at radius 3 is 2.53 bits per heavy atom. The number of carbonyl (C=O) groups excluding carboxylic acids is 2. The van der Waals surface area contributed by atoms with Crippen LogP contribution in [0.5, 0.6) is 0 Å². The predicted molar refractivity (Wildman–Crippen MR) is 60.6 cm³/mol. The fraction of sp³-hybridized carbons (Fsp3) is 0.250. The molecule has 0 aromatic carbocycles. The molecule has 0 bridgehead atoms. The highest BCUT2D eigenvalue weighted by Gasteiger charge is 2.34. The van der Waals surface area contributed by atoms with Crippen LogP contribution >= 0.6 is 0 Å². The third-order valence-corrected chi connectivity index (χ3v) is 2.75. The second-order valence-electron chi connectivity index (χ2n) is 4.17. The Labute approximate surface area is 98.6 Å². The normalized spacial score (nSPS) is 14.4. The molecule has 0 N–H and O–H groups in total. The van der Waals surface area contributed by atoms with E-state index >= 15 is 0 Å². The van der Waals surface area contributed by atoms with Gasteiger partial charge in [-0.1, -0.05) is 0 Å². The Hall–Kier alpha value is -2.17. The molecule has 17 heavy (non-hydrogen) atoms. The Morgan fingerprint density at radius 1 is 1.29 bits per heavy atom. The summed E-state index contributed by atoms with van der Waals surface area (Å²) in [7, 11) is 3.37. The summed E-state index contributed by atoms with van der Waals surface area (Å²) < 4.78 is 0.450. The minimum Gasteiger partial charge on any atom is -0.618 e. The van der Waals surface area contributed by atoms with Crippen LogP contribution in [0.2, 0.25) is 0 Å². The average Bonchev–Trinajstić information content (AvgIpc) is 2.26. The van der Waals surface area contributed by atoms with Crippen LogP contribution in [0.25, 0.3) is 0 Å². The van der Waals surface area contributed by atoms with E-state index in [-0.39, 0.29) is 17.0 Å². The summed E-state index contributed by atoms with van der Waals surface area (Å²) >= 11 is 0. The lowest BCUT2D eigenvalue weighted by Gasteiger charge is -2.20. The number of ketones is 2. The zero-order valence-corrected chi connectivity index (χ0v) is 9.85. The van der Waals surface area contributed by atoms with Crippen molar-refractivity contribution in [2.45, 2.75) is 6.92 Å². The third-order valence-electron chi connectivity index (χ3n) is 2.75. The van der Waals surface area contributed by atoms with Crippen LogP contribution in [0.4, 0.5) is 0 Å². The molecule has 0 radical (unpaired) electrons. The maximum atomic E-state index is 12.2. The van der Waals surface area contributed by atoms with Crippen LogP contribution in [0.1, 0.15) is 26.4 Å². The van der Waals surface area contributed by atoms with E-state index < -0.39 is 5.78 Å². The largest absolute Gasteiger partial charge is 0.618 e. The average molecular weight is 232 g/mol. The molecule has 0 unspecified atom stereocenters. The molecule has 0 amide bonds. The fourth-order valence-electron chi connectivity index (χ4n) is 1.87. The molecule has 0 atom stereocenters. The van der Waals surface area contributed by atoms with Crippen molar-refractivity contribution in [3.63, 3.8) is 0 Å². The van der Waals surface area contributed by atoms with E-state index in [9.17, 15) is 14.8 Å². The van der Waals surface area contributed by atoms with E-state index in [4.69, 9.17) is 0 Å². The lowest BCUT2D eigenvalue weighted by molar-refractivity contribution is -0.607. The number of fused-ring (bicyclic) bond motifs is 1. The van der Waals surface area contributed by atoms with Gasteiger partial charge in [-0.25, -0.2) is 0 Å². The summed E-state index contributed by atoms with van der Waals surface area (Å²) in [5, 5.41) is 11.5. The van der Waals surface area contributed by atoms with Crippen molar-refractivity contribution in [3.8, 4) is 0 Å². The Morgan fingerprint density at radius 2 is 1.94 bits per heavy atom. The number of likely N-dealkylation sites (N-methyl/N-ethyl adjacent to an activating group) is 1. The van der Waals surface area contributed by atoms with Gasteiger partial charge in [0.15, 0.2) is 6.20 Å². The summed E-state index contributed by atoms with van der Waals surface area (Å²) in [4.78, 5) is 25.6. The first kappa shape index (κ1) is 11.3. The molecule has 0 fully saturated rings. The van der Waals surface area contributed by atoms with Gasteiger partial charge in [0, 0.05) is 26.2 Å². The highest BCUT2D eigenvalue weighted by atomic mass is 16.5. The van der Waals surface area contributed by atoms with E-state index in [1.165, 1.54) is 18.3 Å². The number of allylic oxidation sites excluding steroid dienone is 2. The Kier molecular flexibility index (Phi) is 2.46. The smallest absolute Gasteiger partial charge is 0.275 e. The topological polar surface area (TPSA) is 64.3 Å². The van der Waals surface area contributed by atoms with Gasteiger partial charge in [-0.15, -0.1) is 0 Å². The number of nitrogens with zero attached hydrogens (tertiary/aromatic N) is 2. The van der Waals surface area contributed by atoms with Gasteiger partial charge in [0.1, 0.15) is 5.56 Å². The van der Waals surface area contributed by atoms with Gasteiger partial charge in [-0.05, 0) is 12.5 Å². The van der Waals surface area contributed by atoms with Crippen molar-refractivity contribution < 1.29 is 14.3 Å².